The summed E-state index contributed by atoms with van der Waals surface area (Å²) in [6, 6.07) is 13.2. The Kier molecular flexibility index (Phi) is 5.75. The number of rotatable bonds is 7. The van der Waals surface area contributed by atoms with Crippen LogP contribution in [-0.2, 0) is 11.2 Å². The average molecular weight is 363 g/mol. The molecular formula is C23H25NO3. The van der Waals surface area contributed by atoms with Gasteiger partial charge in [-0.3, -0.25) is 9.36 Å². The molecule has 1 aromatic heterocycles. The summed E-state index contributed by atoms with van der Waals surface area (Å²) >= 11 is 0. The second kappa shape index (κ2) is 8.21. The minimum atomic E-state index is -0.0985. The van der Waals surface area contributed by atoms with Gasteiger partial charge in [0.2, 0.25) is 0 Å². The second-order valence-corrected chi connectivity index (χ2v) is 6.82. The quantitative estimate of drug-likeness (QED) is 0.445. The van der Waals surface area contributed by atoms with Crippen LogP contribution in [0.4, 0.5) is 0 Å². The number of fused-ring (bicyclic) bond motifs is 1. The van der Waals surface area contributed by atoms with Crippen LogP contribution in [0.25, 0.3) is 10.9 Å². The maximum absolute atomic E-state index is 13.2. The molecule has 0 aliphatic carbocycles. The van der Waals surface area contributed by atoms with Gasteiger partial charge in [-0.2, -0.15) is 0 Å². The molecule has 27 heavy (non-hydrogen) atoms. The maximum atomic E-state index is 13.2. The molecule has 4 heteroatoms. The van der Waals surface area contributed by atoms with Crippen molar-refractivity contribution >= 4 is 23.1 Å². The lowest BCUT2D eigenvalue weighted by molar-refractivity contribution is -0.107. The number of carbonyl (C=O) groups excluding carboxylic acids is 2. The maximum Gasteiger partial charge on any atom is 0.262 e. The van der Waals surface area contributed by atoms with Crippen molar-refractivity contribution in [2.45, 2.75) is 40.0 Å². The van der Waals surface area contributed by atoms with Crippen molar-refractivity contribution in [2.75, 3.05) is 6.61 Å². The zero-order chi connectivity index (χ0) is 19.4. The second-order valence-electron chi connectivity index (χ2n) is 6.82. The fourth-order valence-corrected chi connectivity index (χ4v) is 3.36. The number of unbranched alkanes of at least 4 members (excludes halogenated alkanes) is 1. The van der Waals surface area contributed by atoms with Gasteiger partial charge in [-0.15, -0.1) is 0 Å². The number of hydrogen-bond acceptors (Lipinski definition) is 3. The van der Waals surface area contributed by atoms with Gasteiger partial charge in [-0.1, -0.05) is 25.0 Å². The van der Waals surface area contributed by atoms with Crippen molar-refractivity contribution in [3.8, 4) is 5.75 Å². The summed E-state index contributed by atoms with van der Waals surface area (Å²) in [6.07, 6.45) is 3.28. The molecule has 4 nitrogen and oxygen atoms in total. The van der Waals surface area contributed by atoms with Crippen LogP contribution in [0.15, 0.2) is 42.5 Å². The van der Waals surface area contributed by atoms with E-state index in [-0.39, 0.29) is 5.91 Å². The monoisotopic (exact) mass is 363 g/mol. The molecule has 0 saturated carbocycles. The minimum Gasteiger partial charge on any atom is -0.494 e. The highest BCUT2D eigenvalue weighted by Crippen LogP contribution is 2.28. The topological polar surface area (TPSA) is 48.3 Å². The highest BCUT2D eigenvalue weighted by Gasteiger charge is 2.19. The van der Waals surface area contributed by atoms with Gasteiger partial charge in [0.25, 0.3) is 5.91 Å². The zero-order valence-corrected chi connectivity index (χ0v) is 16.1. The first-order valence-corrected chi connectivity index (χ1v) is 9.38. The third kappa shape index (κ3) is 3.80. The van der Waals surface area contributed by atoms with Crippen LogP contribution in [-0.4, -0.2) is 23.4 Å². The first-order valence-electron chi connectivity index (χ1n) is 9.38. The van der Waals surface area contributed by atoms with Crippen LogP contribution in [0.2, 0.25) is 0 Å². The molecular weight excluding hydrogens is 338 g/mol. The molecule has 3 rings (SSSR count). The van der Waals surface area contributed by atoms with E-state index < -0.39 is 0 Å². The van der Waals surface area contributed by atoms with Gasteiger partial charge < -0.3 is 9.53 Å². The summed E-state index contributed by atoms with van der Waals surface area (Å²) in [6.45, 7) is 6.71. The van der Waals surface area contributed by atoms with Crippen molar-refractivity contribution < 1.29 is 14.3 Å². The normalized spacial score (nSPS) is 10.9. The molecule has 0 amide bonds. The van der Waals surface area contributed by atoms with Gasteiger partial charge in [0, 0.05) is 23.1 Å². The van der Waals surface area contributed by atoms with Crippen LogP contribution in [0.3, 0.4) is 0 Å². The van der Waals surface area contributed by atoms with E-state index in [1.54, 1.807) is 16.7 Å². The van der Waals surface area contributed by atoms with Crippen molar-refractivity contribution in [1.82, 2.24) is 4.57 Å². The highest BCUT2D eigenvalue weighted by molar-refractivity contribution is 6.04. The first-order chi connectivity index (χ1) is 13.1. The molecule has 0 saturated heterocycles. The van der Waals surface area contributed by atoms with Gasteiger partial charge in [0.15, 0.2) is 0 Å². The van der Waals surface area contributed by atoms with Crippen LogP contribution in [0.5, 0.6) is 5.75 Å². The van der Waals surface area contributed by atoms with Gasteiger partial charge in [0.1, 0.15) is 12.0 Å². The van der Waals surface area contributed by atoms with Gasteiger partial charge >= 0.3 is 0 Å². The lowest BCUT2D eigenvalue weighted by Gasteiger charge is -2.09. The van der Waals surface area contributed by atoms with E-state index in [9.17, 15) is 9.59 Å². The van der Waals surface area contributed by atoms with E-state index >= 15 is 0 Å². The number of carbonyl (C=O) groups is 2. The molecule has 2 aromatic carbocycles. The Morgan fingerprint density at radius 2 is 1.85 bits per heavy atom. The Morgan fingerprint density at radius 1 is 1.11 bits per heavy atom. The Hall–Kier alpha value is -2.88. The van der Waals surface area contributed by atoms with Crippen LogP contribution in [0.1, 0.15) is 46.9 Å². The summed E-state index contributed by atoms with van der Waals surface area (Å²) in [5.74, 6) is 0.671. The molecule has 3 aromatic rings. The number of aromatic nitrogens is 1. The molecule has 0 bridgehead atoms. The molecule has 0 unspecified atom stereocenters. The summed E-state index contributed by atoms with van der Waals surface area (Å²) in [5, 5.41) is 0.965. The fraction of sp³-hybridized carbons (Fsp3) is 0.304. The Bertz CT molecular complexity index is 967. The Balaban J connectivity index is 1.98. The molecule has 0 spiro atoms. The van der Waals surface area contributed by atoms with Crippen LogP contribution >= 0.6 is 0 Å². The van der Waals surface area contributed by atoms with E-state index in [0.29, 0.717) is 18.6 Å². The number of aryl methyl sites for hydroxylation is 1. The Labute approximate surface area is 159 Å². The molecule has 0 aliphatic rings. The lowest BCUT2D eigenvalue weighted by atomic mass is 10.1. The SMILES string of the molecule is CCCCOc1ccc(C(=O)n2c(C)c(CC=O)c3cc(C)ccc32)cc1. The number of hydrogen-bond donors (Lipinski definition) is 0. The third-order valence-corrected chi connectivity index (χ3v) is 4.85. The van der Waals surface area contributed by atoms with Gasteiger partial charge in [-0.25, -0.2) is 0 Å². The molecule has 0 fully saturated rings. The minimum absolute atomic E-state index is 0.0985. The lowest BCUT2D eigenvalue weighted by Crippen LogP contribution is -2.13. The molecule has 1 heterocycles. The highest BCUT2D eigenvalue weighted by atomic mass is 16.5. The van der Waals surface area contributed by atoms with E-state index in [4.69, 9.17) is 4.74 Å². The van der Waals surface area contributed by atoms with E-state index in [1.807, 2.05) is 44.2 Å². The van der Waals surface area contributed by atoms with Gasteiger partial charge in [-0.05, 0) is 62.2 Å². The van der Waals surface area contributed by atoms with Crippen LogP contribution in [0, 0.1) is 13.8 Å². The molecule has 0 aliphatic heterocycles. The Morgan fingerprint density at radius 3 is 2.52 bits per heavy atom. The van der Waals surface area contributed by atoms with Crippen LogP contribution < -0.4 is 4.74 Å². The predicted molar refractivity (Wildman–Crippen MR) is 108 cm³/mol. The fourth-order valence-electron chi connectivity index (χ4n) is 3.36. The molecule has 0 radical (unpaired) electrons. The summed E-state index contributed by atoms with van der Waals surface area (Å²) in [7, 11) is 0. The van der Waals surface area contributed by atoms with E-state index in [0.717, 1.165) is 52.6 Å². The zero-order valence-electron chi connectivity index (χ0n) is 16.1. The summed E-state index contributed by atoms with van der Waals surface area (Å²) < 4.78 is 7.38. The van der Waals surface area contributed by atoms with Crippen molar-refractivity contribution in [3.05, 3.63) is 64.8 Å². The summed E-state index contributed by atoms with van der Waals surface area (Å²) in [4.78, 5) is 24.3. The van der Waals surface area contributed by atoms with Crippen molar-refractivity contribution in [2.24, 2.45) is 0 Å². The number of ether oxygens (including phenoxy) is 1. The largest absolute Gasteiger partial charge is 0.494 e. The number of benzene rings is 2. The molecule has 140 valence electrons. The smallest absolute Gasteiger partial charge is 0.262 e. The molecule has 0 N–H and O–H groups in total. The number of aldehydes is 1. The summed E-state index contributed by atoms with van der Waals surface area (Å²) in [5.41, 5.74) is 4.26. The third-order valence-electron chi connectivity index (χ3n) is 4.85. The van der Waals surface area contributed by atoms with Gasteiger partial charge in [0.05, 0.1) is 12.1 Å². The van der Waals surface area contributed by atoms with E-state index in [2.05, 4.69) is 6.92 Å². The van der Waals surface area contributed by atoms with Crippen molar-refractivity contribution in [3.63, 3.8) is 0 Å². The van der Waals surface area contributed by atoms with Crippen molar-refractivity contribution in [1.29, 1.82) is 0 Å². The predicted octanol–water partition coefficient (Wildman–Crippen LogP) is 4.87. The standard InChI is InChI=1S/C23H25NO3/c1-4-5-14-27-19-9-7-18(8-10-19)23(26)24-17(3)20(12-13-25)21-15-16(2)6-11-22(21)24/h6-11,13,15H,4-5,12,14H2,1-3H3. The first kappa shape index (κ1) is 18.9. The molecule has 0 atom stereocenters. The number of nitrogens with zero attached hydrogens (tertiary/aromatic N) is 1. The van der Waals surface area contributed by atoms with E-state index in [1.165, 1.54) is 0 Å². The average Bonchev–Trinajstić information content (AvgIpc) is 2.94.